The predicted octanol–water partition coefficient (Wildman–Crippen LogP) is 4.45. The molecule has 0 fully saturated rings. The normalized spacial score (nSPS) is 11.1. The van der Waals surface area contributed by atoms with E-state index >= 15 is 0 Å². The van der Waals surface area contributed by atoms with E-state index in [9.17, 15) is 9.59 Å². The predicted molar refractivity (Wildman–Crippen MR) is 114 cm³/mol. The fourth-order valence-electron chi connectivity index (χ4n) is 2.63. The molecule has 2 amide bonds. The molecule has 0 saturated heterocycles. The standard InChI is InChI=1S/C22H19ClN4O2/c1-14-5-3-6-16(11-14)15(2)26-27-22(29)19-12-18(23)8-9-20(19)25-21(28)17-7-4-10-24-13-17/h3-13H,1-2H3,(H,25,28)(H,27,29)/b26-15+. The van der Waals surface area contributed by atoms with Crippen LogP contribution in [0.25, 0.3) is 0 Å². The first-order chi connectivity index (χ1) is 13.9. The van der Waals surface area contributed by atoms with Crippen molar-refractivity contribution in [3.63, 3.8) is 0 Å². The highest BCUT2D eigenvalue weighted by Gasteiger charge is 2.15. The minimum atomic E-state index is -0.485. The van der Waals surface area contributed by atoms with Gasteiger partial charge in [-0.05, 0) is 49.7 Å². The molecule has 6 nitrogen and oxygen atoms in total. The summed E-state index contributed by atoms with van der Waals surface area (Å²) in [5.74, 6) is -0.866. The molecular weight excluding hydrogens is 388 g/mol. The van der Waals surface area contributed by atoms with Gasteiger partial charge < -0.3 is 5.32 Å². The summed E-state index contributed by atoms with van der Waals surface area (Å²) in [5.41, 5.74) is 6.09. The van der Waals surface area contributed by atoms with Crippen LogP contribution in [-0.2, 0) is 0 Å². The van der Waals surface area contributed by atoms with E-state index < -0.39 is 5.91 Å². The van der Waals surface area contributed by atoms with Gasteiger partial charge in [-0.3, -0.25) is 14.6 Å². The van der Waals surface area contributed by atoms with E-state index in [1.54, 1.807) is 37.4 Å². The Kier molecular flexibility index (Phi) is 6.36. The Morgan fingerprint density at radius 2 is 1.79 bits per heavy atom. The van der Waals surface area contributed by atoms with Gasteiger partial charge in [0.15, 0.2) is 0 Å². The molecule has 0 atom stereocenters. The van der Waals surface area contributed by atoms with Crippen LogP contribution in [0.5, 0.6) is 0 Å². The van der Waals surface area contributed by atoms with Crippen LogP contribution in [0.4, 0.5) is 5.69 Å². The van der Waals surface area contributed by atoms with Crippen LogP contribution in [0.15, 0.2) is 72.1 Å². The summed E-state index contributed by atoms with van der Waals surface area (Å²) in [7, 11) is 0. The molecule has 0 aliphatic rings. The Bertz CT molecular complexity index is 1080. The number of hydrogen-bond acceptors (Lipinski definition) is 4. The maximum atomic E-state index is 12.7. The lowest BCUT2D eigenvalue weighted by Crippen LogP contribution is -2.22. The lowest BCUT2D eigenvalue weighted by atomic mass is 10.1. The zero-order valence-corrected chi connectivity index (χ0v) is 16.7. The maximum Gasteiger partial charge on any atom is 0.273 e. The number of aromatic nitrogens is 1. The highest BCUT2D eigenvalue weighted by Crippen LogP contribution is 2.21. The topological polar surface area (TPSA) is 83.5 Å². The molecule has 0 aliphatic heterocycles. The summed E-state index contributed by atoms with van der Waals surface area (Å²) in [5, 5.41) is 7.26. The monoisotopic (exact) mass is 406 g/mol. The number of rotatable bonds is 5. The maximum absolute atomic E-state index is 12.7. The van der Waals surface area contributed by atoms with Gasteiger partial charge in [0.1, 0.15) is 0 Å². The third-order valence-corrected chi connectivity index (χ3v) is 4.39. The molecule has 146 valence electrons. The average molecular weight is 407 g/mol. The molecule has 2 N–H and O–H groups in total. The fraction of sp³-hybridized carbons (Fsp3) is 0.0909. The Hall–Kier alpha value is -3.51. The summed E-state index contributed by atoms with van der Waals surface area (Å²) in [4.78, 5) is 29.0. The van der Waals surface area contributed by atoms with Crippen LogP contribution in [0.3, 0.4) is 0 Å². The molecule has 3 rings (SSSR count). The quantitative estimate of drug-likeness (QED) is 0.485. The summed E-state index contributed by atoms with van der Waals surface area (Å²) in [6.45, 7) is 3.79. The highest BCUT2D eigenvalue weighted by atomic mass is 35.5. The molecule has 7 heteroatoms. The fourth-order valence-corrected chi connectivity index (χ4v) is 2.81. The van der Waals surface area contributed by atoms with Crippen LogP contribution >= 0.6 is 11.6 Å². The Balaban J connectivity index is 1.80. The third-order valence-electron chi connectivity index (χ3n) is 4.16. The van der Waals surface area contributed by atoms with E-state index in [0.717, 1.165) is 11.1 Å². The number of aryl methyl sites for hydroxylation is 1. The van der Waals surface area contributed by atoms with E-state index in [1.165, 1.54) is 12.3 Å². The Labute approximate surface area is 173 Å². The van der Waals surface area contributed by atoms with Crippen LogP contribution in [0.1, 0.15) is 38.8 Å². The van der Waals surface area contributed by atoms with Crippen molar-refractivity contribution in [3.05, 3.63) is 94.3 Å². The number of benzene rings is 2. The summed E-state index contributed by atoms with van der Waals surface area (Å²) >= 11 is 6.05. The van der Waals surface area contributed by atoms with Gasteiger partial charge in [-0.25, -0.2) is 5.43 Å². The number of hydrogen-bond donors (Lipinski definition) is 2. The zero-order chi connectivity index (χ0) is 20.8. The number of amides is 2. The van der Waals surface area contributed by atoms with Crippen molar-refractivity contribution >= 4 is 34.8 Å². The second kappa shape index (κ2) is 9.12. The van der Waals surface area contributed by atoms with Gasteiger partial charge >= 0.3 is 0 Å². The lowest BCUT2D eigenvalue weighted by Gasteiger charge is -2.11. The van der Waals surface area contributed by atoms with Gasteiger partial charge in [-0.2, -0.15) is 5.10 Å². The number of anilines is 1. The molecule has 0 bridgehead atoms. The molecule has 0 radical (unpaired) electrons. The average Bonchev–Trinajstić information content (AvgIpc) is 2.73. The van der Waals surface area contributed by atoms with Crippen LogP contribution in [-0.4, -0.2) is 22.5 Å². The molecule has 1 aromatic heterocycles. The van der Waals surface area contributed by atoms with Crippen LogP contribution in [0.2, 0.25) is 5.02 Å². The van der Waals surface area contributed by atoms with Crippen molar-refractivity contribution in [2.45, 2.75) is 13.8 Å². The van der Waals surface area contributed by atoms with Gasteiger partial charge in [0.2, 0.25) is 0 Å². The minimum absolute atomic E-state index is 0.204. The van der Waals surface area contributed by atoms with Crippen molar-refractivity contribution in [1.82, 2.24) is 10.4 Å². The number of carbonyl (C=O) groups excluding carboxylic acids is 2. The first-order valence-electron chi connectivity index (χ1n) is 8.86. The largest absolute Gasteiger partial charge is 0.321 e. The van der Waals surface area contributed by atoms with E-state index in [1.807, 2.05) is 31.2 Å². The number of carbonyl (C=O) groups is 2. The second-order valence-electron chi connectivity index (χ2n) is 6.39. The molecule has 1 heterocycles. The van der Waals surface area contributed by atoms with Gasteiger partial charge in [0.05, 0.1) is 22.5 Å². The summed E-state index contributed by atoms with van der Waals surface area (Å²) in [6.07, 6.45) is 3.02. The SMILES string of the molecule is C/C(=N\NC(=O)c1cc(Cl)ccc1NC(=O)c1cccnc1)c1cccc(C)c1. The molecule has 0 saturated carbocycles. The third kappa shape index (κ3) is 5.27. The smallest absolute Gasteiger partial charge is 0.273 e. The number of nitrogens with one attached hydrogen (secondary N) is 2. The van der Waals surface area contributed by atoms with Crippen molar-refractivity contribution in [3.8, 4) is 0 Å². The van der Waals surface area contributed by atoms with E-state index in [4.69, 9.17) is 11.6 Å². The van der Waals surface area contributed by atoms with Gasteiger partial charge in [-0.1, -0.05) is 41.4 Å². The van der Waals surface area contributed by atoms with Crippen molar-refractivity contribution in [2.24, 2.45) is 5.10 Å². The first kappa shape index (κ1) is 20.2. The molecule has 0 spiro atoms. The Morgan fingerprint density at radius 1 is 1.00 bits per heavy atom. The molecule has 3 aromatic rings. The van der Waals surface area contributed by atoms with Crippen molar-refractivity contribution in [2.75, 3.05) is 5.32 Å². The van der Waals surface area contributed by atoms with Gasteiger partial charge in [-0.15, -0.1) is 0 Å². The molecule has 0 aliphatic carbocycles. The number of halogens is 1. The number of hydrazone groups is 1. The van der Waals surface area contributed by atoms with Gasteiger partial charge in [0, 0.05) is 17.4 Å². The zero-order valence-electron chi connectivity index (χ0n) is 15.9. The van der Waals surface area contributed by atoms with Crippen molar-refractivity contribution in [1.29, 1.82) is 0 Å². The molecule has 0 unspecified atom stereocenters. The van der Waals surface area contributed by atoms with E-state index in [-0.39, 0.29) is 11.5 Å². The summed E-state index contributed by atoms with van der Waals surface area (Å²) < 4.78 is 0. The van der Waals surface area contributed by atoms with E-state index in [0.29, 0.717) is 22.0 Å². The molecule has 29 heavy (non-hydrogen) atoms. The Morgan fingerprint density at radius 3 is 2.52 bits per heavy atom. The number of nitrogens with zero attached hydrogens (tertiary/aromatic N) is 2. The highest BCUT2D eigenvalue weighted by molar-refractivity contribution is 6.31. The van der Waals surface area contributed by atoms with Crippen LogP contribution < -0.4 is 10.7 Å². The minimum Gasteiger partial charge on any atom is -0.321 e. The second-order valence-corrected chi connectivity index (χ2v) is 6.83. The molecule has 2 aromatic carbocycles. The lowest BCUT2D eigenvalue weighted by molar-refractivity contribution is 0.0955. The summed E-state index contributed by atoms with van der Waals surface area (Å²) in [6, 6.07) is 15.7. The van der Waals surface area contributed by atoms with Gasteiger partial charge in [0.25, 0.3) is 11.8 Å². The first-order valence-corrected chi connectivity index (χ1v) is 9.24. The van der Waals surface area contributed by atoms with E-state index in [2.05, 4.69) is 20.8 Å². The number of pyridine rings is 1. The molecular formula is C22H19ClN4O2. The van der Waals surface area contributed by atoms with Crippen LogP contribution in [0, 0.1) is 6.92 Å². The van der Waals surface area contributed by atoms with Crippen molar-refractivity contribution < 1.29 is 9.59 Å².